The third-order valence-corrected chi connectivity index (χ3v) is 6.57. The van der Waals surface area contributed by atoms with Gasteiger partial charge in [-0.3, -0.25) is 9.58 Å². The molecule has 35 heavy (non-hydrogen) atoms. The van der Waals surface area contributed by atoms with Gasteiger partial charge in [0.25, 0.3) is 0 Å². The number of unbranched alkanes of at least 4 members (excludes halogenated alkanes) is 1. The van der Waals surface area contributed by atoms with Crippen molar-refractivity contribution in [2.45, 2.75) is 45.8 Å². The van der Waals surface area contributed by atoms with Gasteiger partial charge in [-0.1, -0.05) is 80.1 Å². The molecule has 0 amide bonds. The van der Waals surface area contributed by atoms with E-state index in [0.29, 0.717) is 6.79 Å². The Hall–Kier alpha value is -3.57. The molecule has 0 fully saturated rings. The van der Waals surface area contributed by atoms with Gasteiger partial charge in [-0.25, -0.2) is 0 Å². The molecule has 4 aromatic rings. The minimum absolute atomic E-state index is 0.296. The van der Waals surface area contributed by atoms with E-state index in [9.17, 15) is 0 Å². The van der Waals surface area contributed by atoms with Gasteiger partial charge in [0.05, 0.1) is 11.4 Å². The quantitative estimate of drug-likeness (QED) is 0.272. The predicted octanol–water partition coefficient (Wildman–Crippen LogP) is 6.36. The van der Waals surface area contributed by atoms with Gasteiger partial charge in [0.1, 0.15) is 0 Å². The van der Waals surface area contributed by atoms with Crippen molar-refractivity contribution in [3.63, 3.8) is 0 Å². The Morgan fingerprint density at radius 2 is 1.54 bits per heavy atom. The van der Waals surface area contributed by atoms with Crippen LogP contribution in [-0.4, -0.2) is 21.5 Å². The van der Waals surface area contributed by atoms with Crippen molar-refractivity contribution < 1.29 is 9.47 Å². The second-order valence-corrected chi connectivity index (χ2v) is 9.19. The molecule has 0 N–H and O–H groups in total. The first-order valence-electron chi connectivity index (χ1n) is 12.5. The highest BCUT2D eigenvalue weighted by Gasteiger charge is 2.21. The molecule has 1 aliphatic heterocycles. The first-order valence-corrected chi connectivity index (χ1v) is 12.5. The largest absolute Gasteiger partial charge is 0.454 e. The van der Waals surface area contributed by atoms with Gasteiger partial charge < -0.3 is 9.47 Å². The van der Waals surface area contributed by atoms with Crippen LogP contribution in [0.5, 0.6) is 11.5 Å². The Labute approximate surface area is 207 Å². The number of aryl methyl sites for hydroxylation is 1. The van der Waals surface area contributed by atoms with Crippen LogP contribution in [0.4, 0.5) is 0 Å². The number of fused-ring (bicyclic) bond motifs is 1. The van der Waals surface area contributed by atoms with Crippen molar-refractivity contribution >= 4 is 0 Å². The van der Waals surface area contributed by atoms with Crippen molar-refractivity contribution in [2.24, 2.45) is 7.05 Å². The van der Waals surface area contributed by atoms with Gasteiger partial charge >= 0.3 is 0 Å². The van der Waals surface area contributed by atoms with Crippen LogP contribution < -0.4 is 9.47 Å². The second kappa shape index (κ2) is 10.8. The number of hydrogen-bond donors (Lipinski definition) is 0. The van der Waals surface area contributed by atoms with Gasteiger partial charge in [-0.05, 0) is 36.1 Å². The number of nitrogens with zero attached hydrogens (tertiary/aromatic N) is 3. The van der Waals surface area contributed by atoms with Crippen LogP contribution in [0.15, 0.2) is 78.9 Å². The van der Waals surface area contributed by atoms with Crippen molar-refractivity contribution in [3.05, 3.63) is 101 Å². The minimum atomic E-state index is 0.296. The summed E-state index contributed by atoms with van der Waals surface area (Å²) >= 11 is 0. The highest BCUT2D eigenvalue weighted by molar-refractivity contribution is 5.64. The van der Waals surface area contributed by atoms with E-state index in [-0.39, 0.29) is 0 Å². The Balaban J connectivity index is 1.47. The fourth-order valence-corrected chi connectivity index (χ4v) is 4.76. The SMILES string of the molecule is CCCCc1c(-c2ccccc2)nn(C)c1CN(Cc1ccccc1)Cc1ccc2c(c1)OCO2. The molecule has 0 unspecified atom stereocenters. The maximum absolute atomic E-state index is 5.64. The fraction of sp³-hybridized carbons (Fsp3) is 0.300. The molecule has 2 heterocycles. The zero-order valence-electron chi connectivity index (χ0n) is 20.6. The molecule has 1 aromatic heterocycles. The number of benzene rings is 3. The summed E-state index contributed by atoms with van der Waals surface area (Å²) in [5.41, 5.74) is 7.46. The Morgan fingerprint density at radius 1 is 0.829 bits per heavy atom. The zero-order chi connectivity index (χ0) is 24.0. The lowest BCUT2D eigenvalue weighted by atomic mass is 10.0. The second-order valence-electron chi connectivity index (χ2n) is 9.19. The van der Waals surface area contributed by atoms with E-state index in [1.807, 2.05) is 6.07 Å². The molecule has 5 heteroatoms. The van der Waals surface area contributed by atoms with Crippen LogP contribution in [0.1, 0.15) is 42.1 Å². The molecule has 0 radical (unpaired) electrons. The summed E-state index contributed by atoms with van der Waals surface area (Å²) in [7, 11) is 2.08. The Kier molecular flexibility index (Phi) is 7.15. The maximum Gasteiger partial charge on any atom is 0.231 e. The van der Waals surface area contributed by atoms with E-state index >= 15 is 0 Å². The summed E-state index contributed by atoms with van der Waals surface area (Å²) in [6.07, 6.45) is 3.35. The third-order valence-electron chi connectivity index (χ3n) is 6.57. The molecule has 5 nitrogen and oxygen atoms in total. The Bertz CT molecular complexity index is 1250. The van der Waals surface area contributed by atoms with Gasteiger partial charge in [0.15, 0.2) is 11.5 Å². The molecule has 0 saturated heterocycles. The molecule has 1 aliphatic rings. The summed E-state index contributed by atoms with van der Waals surface area (Å²) in [5, 5.41) is 5.00. The fourth-order valence-electron chi connectivity index (χ4n) is 4.76. The Morgan fingerprint density at radius 3 is 2.31 bits per heavy atom. The van der Waals surface area contributed by atoms with Crippen molar-refractivity contribution in [1.82, 2.24) is 14.7 Å². The molecular formula is C30H33N3O2. The standard InChI is InChI=1S/C30H33N3O2/c1-3-4-15-26-27(32(2)31-30(26)25-13-9-6-10-14-25)21-33(19-23-11-7-5-8-12-23)20-24-16-17-28-29(18-24)35-22-34-28/h5-14,16-18H,3-4,15,19-22H2,1-2H3. The lowest BCUT2D eigenvalue weighted by Crippen LogP contribution is -2.24. The van der Waals surface area contributed by atoms with E-state index in [4.69, 9.17) is 14.6 Å². The van der Waals surface area contributed by atoms with Gasteiger partial charge in [-0.2, -0.15) is 5.10 Å². The predicted molar refractivity (Wildman–Crippen MR) is 139 cm³/mol. The molecule has 0 saturated carbocycles. The number of hydrogen-bond acceptors (Lipinski definition) is 4. The van der Waals surface area contributed by atoms with Gasteiger partial charge in [0, 0.05) is 37.8 Å². The molecular weight excluding hydrogens is 434 g/mol. The minimum Gasteiger partial charge on any atom is -0.454 e. The summed E-state index contributed by atoms with van der Waals surface area (Å²) in [5.74, 6) is 1.65. The summed E-state index contributed by atoms with van der Waals surface area (Å²) in [6.45, 7) is 5.03. The van der Waals surface area contributed by atoms with E-state index in [2.05, 4.69) is 96.3 Å². The van der Waals surface area contributed by atoms with E-state index in [0.717, 1.165) is 56.1 Å². The van der Waals surface area contributed by atoms with Gasteiger partial charge in [0.2, 0.25) is 6.79 Å². The first-order chi connectivity index (χ1) is 17.2. The number of rotatable bonds is 10. The summed E-state index contributed by atoms with van der Waals surface area (Å²) in [6, 6.07) is 27.5. The van der Waals surface area contributed by atoms with Crippen LogP contribution in [0.3, 0.4) is 0 Å². The average molecular weight is 468 g/mol. The first kappa shape index (κ1) is 23.2. The van der Waals surface area contributed by atoms with Crippen LogP contribution in [0.2, 0.25) is 0 Å². The topological polar surface area (TPSA) is 39.5 Å². The van der Waals surface area contributed by atoms with Crippen LogP contribution in [0, 0.1) is 0 Å². The monoisotopic (exact) mass is 467 g/mol. The molecule has 180 valence electrons. The third kappa shape index (κ3) is 5.41. The normalized spacial score (nSPS) is 12.4. The lowest BCUT2D eigenvalue weighted by molar-refractivity contribution is 0.174. The molecule has 0 atom stereocenters. The molecule has 3 aromatic carbocycles. The van der Waals surface area contributed by atoms with Crippen LogP contribution in [0.25, 0.3) is 11.3 Å². The van der Waals surface area contributed by atoms with Crippen molar-refractivity contribution in [1.29, 1.82) is 0 Å². The molecule has 0 aliphatic carbocycles. The number of aromatic nitrogens is 2. The summed E-state index contributed by atoms with van der Waals surface area (Å²) in [4.78, 5) is 2.49. The molecule has 5 rings (SSSR count). The number of ether oxygens (including phenoxy) is 2. The molecule has 0 spiro atoms. The van der Waals surface area contributed by atoms with E-state index < -0.39 is 0 Å². The van der Waals surface area contributed by atoms with E-state index in [1.54, 1.807) is 0 Å². The van der Waals surface area contributed by atoms with Crippen LogP contribution >= 0.6 is 0 Å². The summed E-state index contributed by atoms with van der Waals surface area (Å²) < 4.78 is 13.2. The van der Waals surface area contributed by atoms with Gasteiger partial charge in [-0.15, -0.1) is 0 Å². The van der Waals surface area contributed by atoms with Crippen LogP contribution in [-0.2, 0) is 33.1 Å². The maximum atomic E-state index is 5.64. The average Bonchev–Trinajstić information content (AvgIpc) is 3.48. The highest BCUT2D eigenvalue weighted by Crippen LogP contribution is 2.33. The highest BCUT2D eigenvalue weighted by atomic mass is 16.7. The van der Waals surface area contributed by atoms with Crippen molar-refractivity contribution in [3.8, 4) is 22.8 Å². The van der Waals surface area contributed by atoms with Crippen molar-refractivity contribution in [2.75, 3.05) is 6.79 Å². The zero-order valence-corrected chi connectivity index (χ0v) is 20.6. The lowest BCUT2D eigenvalue weighted by Gasteiger charge is -2.24. The molecule has 0 bridgehead atoms. The smallest absolute Gasteiger partial charge is 0.231 e. The van der Waals surface area contributed by atoms with E-state index in [1.165, 1.54) is 27.9 Å².